The van der Waals surface area contributed by atoms with Crippen molar-refractivity contribution in [1.29, 1.82) is 0 Å². The van der Waals surface area contributed by atoms with Gasteiger partial charge in [0.05, 0.1) is 13.6 Å². The second-order valence-electron chi connectivity index (χ2n) is 3.20. The highest BCUT2D eigenvalue weighted by atomic mass is 15.5. The Labute approximate surface area is 88.9 Å². The highest BCUT2D eigenvalue weighted by Crippen LogP contribution is 1.91. The van der Waals surface area contributed by atoms with E-state index in [2.05, 4.69) is 55.4 Å². The van der Waals surface area contributed by atoms with E-state index in [1.54, 1.807) is 0 Å². The molecule has 0 aliphatic heterocycles. The fraction of sp³-hybridized carbons (Fsp3) is 0.556. The number of hydrogen-bond donors (Lipinski definition) is 0. The van der Waals surface area contributed by atoms with Gasteiger partial charge in [0, 0.05) is 0 Å². The van der Waals surface area contributed by atoms with Crippen LogP contribution in [0.3, 0.4) is 0 Å². The molecule has 0 spiro atoms. The van der Waals surface area contributed by atoms with Gasteiger partial charge in [-0.3, -0.25) is 10.3 Å². The minimum absolute atomic E-state index is 1.15. The smallest absolute Gasteiger partial charge is 0.243 e. The van der Waals surface area contributed by atoms with Crippen molar-refractivity contribution in [3.05, 3.63) is 25.0 Å². The lowest BCUT2D eigenvalue weighted by Gasteiger charge is -1.90. The summed E-state index contributed by atoms with van der Waals surface area (Å²) in [5.41, 5.74) is 0. The number of unbranched alkanes of at least 4 members (excludes halogenated alkanes) is 1. The lowest BCUT2D eigenvalue weighted by Crippen LogP contribution is -2.23. The van der Waals surface area contributed by atoms with Gasteiger partial charge in [-0.05, 0) is 12.7 Å². The quantitative estimate of drug-likeness (QED) is 0.663. The van der Waals surface area contributed by atoms with Gasteiger partial charge in [-0.2, -0.15) is 5.21 Å². The standard InChI is InChI=1S/C8H15N2.CHN4/c1-3-4-5-10-7-6-9(2)8-10;1-2-4-5-3-1/h6-8H,3-5H2,1-2H3;1H/q+1;-1. The SMILES string of the molecule is CCCCn1cc[n+](C)c1.c1nnn[n-]1. The molecule has 0 N–H and O–H groups in total. The number of aryl methyl sites for hydroxylation is 2. The summed E-state index contributed by atoms with van der Waals surface area (Å²) in [6, 6.07) is 0. The lowest BCUT2D eigenvalue weighted by atomic mass is 10.3. The predicted molar refractivity (Wildman–Crippen MR) is 53.7 cm³/mol. The maximum Gasteiger partial charge on any atom is 0.243 e. The fourth-order valence-corrected chi connectivity index (χ4v) is 1.09. The molecule has 0 fully saturated rings. The third-order valence-electron chi connectivity index (χ3n) is 1.84. The number of tetrazole rings is 1. The van der Waals surface area contributed by atoms with Gasteiger partial charge < -0.3 is 5.10 Å². The normalized spacial score (nSPS) is 9.47. The molecule has 0 aliphatic carbocycles. The van der Waals surface area contributed by atoms with Crippen LogP contribution in [-0.2, 0) is 13.6 Å². The Kier molecular flexibility index (Phi) is 5.07. The van der Waals surface area contributed by atoms with Crippen LogP contribution in [0.4, 0.5) is 0 Å². The Morgan fingerprint density at radius 2 is 2.33 bits per heavy atom. The first-order chi connectivity index (χ1) is 7.33. The second-order valence-corrected chi connectivity index (χ2v) is 3.20. The molecule has 0 aliphatic rings. The molecule has 15 heavy (non-hydrogen) atoms. The summed E-state index contributed by atoms with van der Waals surface area (Å²) >= 11 is 0. The van der Waals surface area contributed by atoms with E-state index in [0.29, 0.717) is 0 Å². The number of hydrogen-bond acceptors (Lipinski definition) is 3. The highest BCUT2D eigenvalue weighted by Gasteiger charge is 1.96. The molecule has 0 aromatic carbocycles. The van der Waals surface area contributed by atoms with Crippen molar-refractivity contribution in [3.63, 3.8) is 0 Å². The molecule has 2 aromatic heterocycles. The zero-order chi connectivity index (χ0) is 10.9. The first kappa shape index (κ1) is 11.4. The van der Waals surface area contributed by atoms with E-state index in [1.807, 2.05) is 7.05 Å². The van der Waals surface area contributed by atoms with Crippen LogP contribution >= 0.6 is 0 Å². The Balaban J connectivity index is 0.000000187. The topological polar surface area (TPSA) is 61.6 Å². The maximum absolute atomic E-state index is 3.25. The fourth-order valence-electron chi connectivity index (χ4n) is 1.09. The van der Waals surface area contributed by atoms with Gasteiger partial charge in [-0.15, -0.1) is 0 Å². The van der Waals surface area contributed by atoms with E-state index >= 15 is 0 Å². The molecule has 2 heterocycles. The summed E-state index contributed by atoms with van der Waals surface area (Å²) in [6.45, 7) is 3.36. The number of imidazole rings is 1. The molecular formula is C9H16N6. The van der Waals surface area contributed by atoms with Gasteiger partial charge >= 0.3 is 0 Å². The third-order valence-corrected chi connectivity index (χ3v) is 1.84. The molecular weight excluding hydrogens is 192 g/mol. The van der Waals surface area contributed by atoms with E-state index in [1.165, 1.54) is 19.2 Å². The van der Waals surface area contributed by atoms with Crippen molar-refractivity contribution < 1.29 is 4.57 Å². The summed E-state index contributed by atoms with van der Waals surface area (Å²) in [7, 11) is 2.04. The average molecular weight is 208 g/mol. The van der Waals surface area contributed by atoms with Gasteiger partial charge in [-0.25, -0.2) is 9.13 Å². The van der Waals surface area contributed by atoms with Gasteiger partial charge in [0.15, 0.2) is 0 Å². The molecule has 0 atom stereocenters. The number of aromatic nitrogens is 6. The molecule has 0 amide bonds. The first-order valence-corrected chi connectivity index (χ1v) is 4.95. The van der Waals surface area contributed by atoms with Crippen LogP contribution in [0.5, 0.6) is 0 Å². The van der Waals surface area contributed by atoms with Crippen molar-refractivity contribution in [2.24, 2.45) is 7.05 Å². The first-order valence-electron chi connectivity index (χ1n) is 4.95. The molecule has 0 saturated carbocycles. The van der Waals surface area contributed by atoms with Gasteiger partial charge in [0.2, 0.25) is 6.33 Å². The van der Waals surface area contributed by atoms with Crippen molar-refractivity contribution in [3.8, 4) is 0 Å². The maximum atomic E-state index is 3.25. The predicted octanol–water partition coefficient (Wildman–Crippen LogP) is -0.0585. The third kappa shape index (κ3) is 4.90. The van der Waals surface area contributed by atoms with E-state index in [4.69, 9.17) is 0 Å². The Morgan fingerprint density at radius 3 is 2.73 bits per heavy atom. The van der Waals surface area contributed by atoms with Gasteiger partial charge in [0.25, 0.3) is 0 Å². The largest absolute Gasteiger partial charge is 0.339 e. The Hall–Kier alpha value is -1.72. The molecule has 2 rings (SSSR count). The summed E-state index contributed by atoms with van der Waals surface area (Å²) < 4.78 is 4.28. The van der Waals surface area contributed by atoms with Crippen LogP contribution in [0.25, 0.3) is 0 Å². The Morgan fingerprint density at radius 1 is 1.47 bits per heavy atom. The van der Waals surface area contributed by atoms with E-state index in [-0.39, 0.29) is 0 Å². The van der Waals surface area contributed by atoms with E-state index < -0.39 is 0 Å². The molecule has 2 aromatic rings. The molecule has 0 unspecified atom stereocenters. The van der Waals surface area contributed by atoms with Crippen molar-refractivity contribution in [2.45, 2.75) is 26.3 Å². The van der Waals surface area contributed by atoms with Gasteiger partial charge in [0.1, 0.15) is 12.4 Å². The Bertz CT molecular complexity index is 322. The monoisotopic (exact) mass is 208 g/mol. The zero-order valence-electron chi connectivity index (χ0n) is 9.11. The highest BCUT2D eigenvalue weighted by molar-refractivity contribution is 4.65. The number of nitrogens with zero attached hydrogens (tertiary/aromatic N) is 6. The molecule has 0 bridgehead atoms. The summed E-state index contributed by atoms with van der Waals surface area (Å²) in [5, 5.41) is 12.7. The van der Waals surface area contributed by atoms with Crippen LogP contribution in [0, 0.1) is 0 Å². The van der Waals surface area contributed by atoms with Crippen molar-refractivity contribution in [2.75, 3.05) is 0 Å². The van der Waals surface area contributed by atoms with Crippen LogP contribution in [0.15, 0.2) is 25.0 Å². The van der Waals surface area contributed by atoms with Crippen molar-refractivity contribution in [1.82, 2.24) is 25.2 Å². The lowest BCUT2D eigenvalue weighted by molar-refractivity contribution is -0.671. The second kappa shape index (κ2) is 6.69. The average Bonchev–Trinajstić information content (AvgIpc) is 2.88. The van der Waals surface area contributed by atoms with Gasteiger partial charge in [-0.1, -0.05) is 13.3 Å². The molecule has 6 nitrogen and oxygen atoms in total. The molecule has 6 heteroatoms. The summed E-state index contributed by atoms with van der Waals surface area (Å²) in [6.07, 6.45) is 10.1. The van der Waals surface area contributed by atoms with Crippen LogP contribution in [0.1, 0.15) is 19.8 Å². The minimum Gasteiger partial charge on any atom is -0.339 e. The van der Waals surface area contributed by atoms with Crippen LogP contribution in [0.2, 0.25) is 0 Å². The molecule has 0 radical (unpaired) electrons. The van der Waals surface area contributed by atoms with Crippen molar-refractivity contribution >= 4 is 0 Å². The molecule has 82 valence electrons. The van der Waals surface area contributed by atoms with E-state index in [9.17, 15) is 0 Å². The van der Waals surface area contributed by atoms with Crippen LogP contribution in [-0.4, -0.2) is 20.1 Å². The molecule has 0 saturated heterocycles. The summed E-state index contributed by atoms with van der Waals surface area (Å²) in [4.78, 5) is 0. The minimum atomic E-state index is 1.15. The zero-order valence-corrected chi connectivity index (χ0v) is 9.11. The van der Waals surface area contributed by atoms with Crippen LogP contribution < -0.4 is 9.67 Å². The summed E-state index contributed by atoms with van der Waals surface area (Å²) in [5.74, 6) is 0. The van der Waals surface area contributed by atoms with E-state index in [0.717, 1.165) is 6.54 Å². The number of rotatable bonds is 3.